The van der Waals surface area contributed by atoms with Crippen LogP contribution in [0.5, 0.6) is 0 Å². The quantitative estimate of drug-likeness (QED) is 0.605. The van der Waals surface area contributed by atoms with Crippen molar-refractivity contribution in [2.45, 2.75) is 24.8 Å². The van der Waals surface area contributed by atoms with Crippen LogP contribution in [0, 0.1) is 5.41 Å². The Morgan fingerprint density at radius 3 is 2.00 bits per heavy atom. The van der Waals surface area contributed by atoms with Crippen molar-refractivity contribution in [3.63, 3.8) is 0 Å². The van der Waals surface area contributed by atoms with Gasteiger partial charge in [-0.2, -0.15) is 13.2 Å². The summed E-state index contributed by atoms with van der Waals surface area (Å²) in [6.07, 6.45) is -7.97. The highest BCUT2D eigenvalue weighted by Gasteiger charge is 2.64. The van der Waals surface area contributed by atoms with Crippen LogP contribution in [-0.2, 0) is 4.79 Å². The summed E-state index contributed by atoms with van der Waals surface area (Å²) in [5, 5.41) is 27.6. The van der Waals surface area contributed by atoms with E-state index in [0.717, 1.165) is 9.80 Å². The zero-order chi connectivity index (χ0) is 16.0. The molecule has 0 aliphatic carbocycles. The number of hydrogen-bond donors (Lipinski definition) is 3. The third-order valence-electron chi connectivity index (χ3n) is 4.02. The molecule has 0 spiro atoms. The lowest BCUT2D eigenvalue weighted by molar-refractivity contribution is -0.227. The maximum Gasteiger partial charge on any atom is 0.406 e. The summed E-state index contributed by atoms with van der Waals surface area (Å²) in [6, 6.07) is -0.807. The Morgan fingerprint density at radius 1 is 1.10 bits per heavy atom. The van der Waals surface area contributed by atoms with Crippen molar-refractivity contribution in [2.75, 3.05) is 26.2 Å². The number of halogens is 3. The van der Waals surface area contributed by atoms with Crippen LogP contribution in [0.4, 0.5) is 18.0 Å². The molecular formula is C11H15F3N2O5. The first-order valence-corrected chi connectivity index (χ1v) is 6.28. The van der Waals surface area contributed by atoms with Crippen LogP contribution in [0.15, 0.2) is 0 Å². The van der Waals surface area contributed by atoms with Crippen LogP contribution in [0.25, 0.3) is 0 Å². The minimum absolute atomic E-state index is 0.192. The molecule has 0 saturated carbocycles. The van der Waals surface area contributed by atoms with Gasteiger partial charge in [-0.05, 0) is 6.42 Å². The highest BCUT2D eigenvalue weighted by Crippen LogP contribution is 2.46. The molecule has 2 rings (SSSR count). The number of alkyl halides is 3. The predicted octanol–water partition coefficient (Wildman–Crippen LogP) is -0.517. The van der Waals surface area contributed by atoms with Gasteiger partial charge >= 0.3 is 18.2 Å². The average molecular weight is 312 g/mol. The summed E-state index contributed by atoms with van der Waals surface area (Å²) in [5.41, 5.74) is -2.96. The summed E-state index contributed by atoms with van der Waals surface area (Å²) in [7, 11) is 0. The van der Waals surface area contributed by atoms with Gasteiger partial charge in [-0.3, -0.25) is 4.79 Å². The molecule has 3 unspecified atom stereocenters. The molecule has 7 nitrogen and oxygen atoms in total. The van der Waals surface area contributed by atoms with Gasteiger partial charge in [-0.25, -0.2) is 4.79 Å². The van der Waals surface area contributed by atoms with Crippen LogP contribution in [0.1, 0.15) is 6.42 Å². The first kappa shape index (κ1) is 15.8. The molecule has 0 bridgehead atoms. The van der Waals surface area contributed by atoms with E-state index in [-0.39, 0.29) is 19.6 Å². The fourth-order valence-electron chi connectivity index (χ4n) is 2.63. The molecule has 0 radical (unpaired) electrons. The SMILES string of the molecule is O=C(N1CC(O)C(O)C1)N1CCC(C(=O)O)(C(F)(F)F)C1. The smallest absolute Gasteiger partial charge is 0.406 e. The Morgan fingerprint density at radius 2 is 1.62 bits per heavy atom. The fraction of sp³-hybridized carbons (Fsp3) is 0.818. The van der Waals surface area contributed by atoms with Gasteiger partial charge in [-0.1, -0.05) is 0 Å². The van der Waals surface area contributed by atoms with Gasteiger partial charge in [0.15, 0.2) is 5.41 Å². The second-order valence-electron chi connectivity index (χ2n) is 5.38. The first-order chi connectivity index (χ1) is 9.58. The summed E-state index contributed by atoms with van der Waals surface area (Å²) in [5.74, 6) is -2.01. The van der Waals surface area contributed by atoms with E-state index < -0.39 is 48.8 Å². The molecule has 2 amide bonds. The van der Waals surface area contributed by atoms with Crippen molar-refractivity contribution in [1.29, 1.82) is 0 Å². The van der Waals surface area contributed by atoms with Gasteiger partial charge in [0, 0.05) is 13.1 Å². The van der Waals surface area contributed by atoms with Gasteiger partial charge in [0.05, 0.1) is 25.3 Å². The molecule has 2 heterocycles. The predicted molar refractivity (Wildman–Crippen MR) is 61.3 cm³/mol. The highest BCUT2D eigenvalue weighted by molar-refractivity contribution is 5.80. The Balaban J connectivity index is 2.11. The number of hydrogen-bond acceptors (Lipinski definition) is 4. The van der Waals surface area contributed by atoms with Gasteiger partial charge < -0.3 is 25.1 Å². The van der Waals surface area contributed by atoms with Crippen molar-refractivity contribution in [2.24, 2.45) is 5.41 Å². The number of aliphatic hydroxyl groups excluding tert-OH is 2. The van der Waals surface area contributed by atoms with Crippen molar-refractivity contribution < 1.29 is 38.1 Å². The molecule has 2 saturated heterocycles. The maximum absolute atomic E-state index is 13.0. The molecule has 3 atom stereocenters. The number of carbonyl (C=O) groups excluding carboxylic acids is 1. The van der Waals surface area contributed by atoms with Gasteiger partial charge in [0.2, 0.25) is 0 Å². The van der Waals surface area contributed by atoms with Gasteiger partial charge in [0.1, 0.15) is 0 Å². The molecule has 2 aliphatic heterocycles. The number of carboxylic acids is 1. The largest absolute Gasteiger partial charge is 0.481 e. The highest BCUT2D eigenvalue weighted by atomic mass is 19.4. The first-order valence-electron chi connectivity index (χ1n) is 6.28. The summed E-state index contributed by atoms with van der Waals surface area (Å²) < 4.78 is 39.0. The normalized spacial score (nSPS) is 33.6. The van der Waals surface area contributed by atoms with Crippen molar-refractivity contribution in [3.05, 3.63) is 0 Å². The lowest BCUT2D eigenvalue weighted by atomic mass is 9.86. The number of carbonyl (C=O) groups is 2. The second kappa shape index (κ2) is 5.02. The number of aliphatic carboxylic acids is 1. The minimum Gasteiger partial charge on any atom is -0.481 e. The number of nitrogens with zero attached hydrogens (tertiary/aromatic N) is 2. The molecule has 21 heavy (non-hydrogen) atoms. The number of β-amino-alcohol motifs (C(OH)–C–C–N with tert-alkyl or cyclic N) is 2. The second-order valence-corrected chi connectivity index (χ2v) is 5.38. The molecule has 0 aromatic rings. The Labute approximate surface area is 117 Å². The molecule has 3 N–H and O–H groups in total. The summed E-state index contributed by atoms with van der Waals surface area (Å²) in [6.45, 7) is -1.69. The number of carboxylic acid groups (broad SMARTS) is 1. The monoisotopic (exact) mass is 312 g/mol. The summed E-state index contributed by atoms with van der Waals surface area (Å²) >= 11 is 0. The molecular weight excluding hydrogens is 297 g/mol. The molecule has 120 valence electrons. The van der Waals surface area contributed by atoms with Crippen molar-refractivity contribution in [1.82, 2.24) is 9.80 Å². The van der Waals surface area contributed by atoms with E-state index in [1.807, 2.05) is 0 Å². The standard InChI is InChI=1S/C11H15F3N2O5/c12-11(13,14)10(8(19)20)1-2-15(5-10)9(21)16-3-6(17)7(18)4-16/h6-7,17-18H,1-5H2,(H,19,20). The van der Waals surface area contributed by atoms with Crippen LogP contribution < -0.4 is 0 Å². The third kappa shape index (κ3) is 2.53. The van der Waals surface area contributed by atoms with Crippen LogP contribution in [0.2, 0.25) is 0 Å². The molecule has 0 aromatic carbocycles. The van der Waals surface area contributed by atoms with E-state index in [4.69, 9.17) is 5.11 Å². The van der Waals surface area contributed by atoms with E-state index >= 15 is 0 Å². The Kier molecular flexibility index (Phi) is 3.79. The zero-order valence-corrected chi connectivity index (χ0v) is 10.9. The number of rotatable bonds is 1. The van der Waals surface area contributed by atoms with Gasteiger partial charge in [-0.15, -0.1) is 0 Å². The number of likely N-dealkylation sites (tertiary alicyclic amines) is 2. The average Bonchev–Trinajstić information content (AvgIpc) is 2.94. The minimum atomic E-state index is -4.96. The topological polar surface area (TPSA) is 101 Å². The van der Waals surface area contributed by atoms with Crippen LogP contribution >= 0.6 is 0 Å². The summed E-state index contributed by atoms with van der Waals surface area (Å²) in [4.78, 5) is 24.9. The Bertz CT molecular complexity index is 448. The Hall–Kier alpha value is -1.55. The van der Waals surface area contributed by atoms with E-state index in [0.29, 0.717) is 0 Å². The van der Waals surface area contributed by atoms with Crippen molar-refractivity contribution >= 4 is 12.0 Å². The number of urea groups is 1. The molecule has 0 aromatic heterocycles. The van der Waals surface area contributed by atoms with Crippen LogP contribution in [0.3, 0.4) is 0 Å². The maximum atomic E-state index is 13.0. The fourth-order valence-corrected chi connectivity index (χ4v) is 2.63. The van der Waals surface area contributed by atoms with E-state index in [2.05, 4.69) is 0 Å². The third-order valence-corrected chi connectivity index (χ3v) is 4.02. The van der Waals surface area contributed by atoms with Crippen molar-refractivity contribution in [3.8, 4) is 0 Å². The molecule has 10 heteroatoms. The molecule has 2 aliphatic rings. The van der Waals surface area contributed by atoms with Gasteiger partial charge in [0.25, 0.3) is 0 Å². The zero-order valence-electron chi connectivity index (χ0n) is 10.9. The lowest BCUT2D eigenvalue weighted by Gasteiger charge is -2.28. The van der Waals surface area contributed by atoms with E-state index in [1.54, 1.807) is 0 Å². The molecule has 2 fully saturated rings. The number of aliphatic hydroxyl groups is 2. The number of amides is 2. The van der Waals surface area contributed by atoms with Crippen LogP contribution in [-0.4, -0.2) is 81.7 Å². The van der Waals surface area contributed by atoms with E-state index in [1.165, 1.54) is 0 Å². The van der Waals surface area contributed by atoms with E-state index in [9.17, 15) is 33.0 Å². The lowest BCUT2D eigenvalue weighted by Crippen LogP contribution is -2.49.